The molecule has 0 bridgehead atoms. The first-order chi connectivity index (χ1) is 9.49. The molecule has 0 radical (unpaired) electrons. The van der Waals surface area contributed by atoms with E-state index >= 15 is 0 Å². The molecule has 4 heteroatoms. The van der Waals surface area contributed by atoms with Crippen LogP contribution in [0.4, 0.5) is 10.1 Å². The molecule has 2 rings (SSSR count). The molecule has 0 aromatic heterocycles. The smallest absolute Gasteiger partial charge is 0.253 e. The molecule has 3 N–H and O–H groups in total. The average Bonchev–Trinajstić information content (AvgIpc) is 2.42. The van der Waals surface area contributed by atoms with Gasteiger partial charge in [0.1, 0.15) is 5.82 Å². The number of halogens is 1. The molecule has 0 aliphatic carbocycles. The Labute approximate surface area is 117 Å². The highest BCUT2D eigenvalue weighted by Gasteiger charge is 2.15. The van der Waals surface area contributed by atoms with E-state index in [2.05, 4.69) is 5.32 Å². The maximum atomic E-state index is 13.3. The van der Waals surface area contributed by atoms with Crippen LogP contribution in [0, 0.1) is 12.7 Å². The van der Waals surface area contributed by atoms with E-state index in [1.165, 1.54) is 18.2 Å². The summed E-state index contributed by atoms with van der Waals surface area (Å²) in [6, 6.07) is 11.9. The Morgan fingerprint density at radius 3 is 2.50 bits per heavy atom. The number of nitrogen functional groups attached to an aromatic ring is 1. The number of nitrogens with two attached hydrogens (primary N) is 1. The second kappa shape index (κ2) is 5.74. The molecule has 0 heterocycles. The SMILES string of the molecule is Cc1ccc([C@@H](C)NC(=O)c2cccc(F)c2N)cc1. The van der Waals surface area contributed by atoms with Crippen LogP contribution in [0.3, 0.4) is 0 Å². The minimum absolute atomic E-state index is 0.124. The Balaban J connectivity index is 2.15. The summed E-state index contributed by atoms with van der Waals surface area (Å²) in [6.07, 6.45) is 0. The standard InChI is InChI=1S/C16H17FN2O/c1-10-6-8-12(9-7-10)11(2)19-16(20)13-4-3-5-14(17)15(13)18/h3-9,11H,18H2,1-2H3,(H,19,20)/t11-/m1/s1. The van der Waals surface area contributed by atoms with Crippen molar-refractivity contribution in [1.29, 1.82) is 0 Å². The number of anilines is 1. The van der Waals surface area contributed by atoms with Gasteiger partial charge in [-0.2, -0.15) is 0 Å². The van der Waals surface area contributed by atoms with E-state index in [0.717, 1.165) is 11.1 Å². The molecule has 104 valence electrons. The van der Waals surface area contributed by atoms with Gasteiger partial charge < -0.3 is 11.1 Å². The lowest BCUT2D eigenvalue weighted by Gasteiger charge is -2.15. The molecule has 0 unspecified atom stereocenters. The Morgan fingerprint density at radius 1 is 1.20 bits per heavy atom. The van der Waals surface area contributed by atoms with Crippen molar-refractivity contribution in [2.24, 2.45) is 0 Å². The van der Waals surface area contributed by atoms with Crippen molar-refractivity contribution in [3.8, 4) is 0 Å². The molecule has 1 amide bonds. The lowest BCUT2D eigenvalue weighted by molar-refractivity contribution is 0.0940. The summed E-state index contributed by atoms with van der Waals surface area (Å²) in [6.45, 7) is 3.87. The quantitative estimate of drug-likeness (QED) is 0.843. The third kappa shape index (κ3) is 2.96. The molecule has 0 saturated carbocycles. The van der Waals surface area contributed by atoms with Crippen LogP contribution >= 0.6 is 0 Å². The zero-order chi connectivity index (χ0) is 14.7. The predicted octanol–water partition coefficient (Wildman–Crippen LogP) is 3.21. The van der Waals surface area contributed by atoms with Crippen LogP contribution in [0.1, 0.15) is 34.5 Å². The molecule has 2 aromatic carbocycles. The molecule has 2 aromatic rings. The lowest BCUT2D eigenvalue weighted by atomic mass is 10.1. The minimum atomic E-state index is -0.583. The van der Waals surface area contributed by atoms with Crippen LogP contribution in [0.25, 0.3) is 0 Å². The summed E-state index contributed by atoms with van der Waals surface area (Å²) < 4.78 is 13.3. The van der Waals surface area contributed by atoms with Gasteiger partial charge in [0, 0.05) is 0 Å². The summed E-state index contributed by atoms with van der Waals surface area (Å²) in [5.74, 6) is -0.962. The van der Waals surface area contributed by atoms with Crippen molar-refractivity contribution < 1.29 is 9.18 Å². The number of para-hydroxylation sites is 1. The number of nitrogens with one attached hydrogen (secondary N) is 1. The predicted molar refractivity (Wildman–Crippen MR) is 77.9 cm³/mol. The molecular weight excluding hydrogens is 255 g/mol. The number of carbonyl (C=O) groups is 1. The van der Waals surface area contributed by atoms with E-state index in [9.17, 15) is 9.18 Å². The third-order valence-electron chi connectivity index (χ3n) is 3.22. The highest BCUT2D eigenvalue weighted by molar-refractivity contribution is 5.99. The number of amides is 1. The van der Waals surface area contributed by atoms with Crippen LogP contribution in [0.2, 0.25) is 0 Å². The van der Waals surface area contributed by atoms with Crippen LogP contribution in [-0.4, -0.2) is 5.91 Å². The van der Waals surface area contributed by atoms with Gasteiger partial charge in [-0.25, -0.2) is 4.39 Å². The van der Waals surface area contributed by atoms with E-state index in [1.807, 2.05) is 38.1 Å². The topological polar surface area (TPSA) is 55.1 Å². The third-order valence-corrected chi connectivity index (χ3v) is 3.22. The second-order valence-electron chi connectivity index (χ2n) is 4.81. The average molecular weight is 272 g/mol. The number of carbonyl (C=O) groups excluding carboxylic acids is 1. The normalized spacial score (nSPS) is 11.9. The van der Waals surface area contributed by atoms with Crippen molar-refractivity contribution in [3.63, 3.8) is 0 Å². The Bertz CT molecular complexity index is 623. The highest BCUT2D eigenvalue weighted by Crippen LogP contribution is 2.18. The van der Waals surface area contributed by atoms with Gasteiger partial charge in [0.05, 0.1) is 17.3 Å². The zero-order valence-corrected chi connectivity index (χ0v) is 11.5. The number of aryl methyl sites for hydroxylation is 1. The molecule has 0 fully saturated rings. The van der Waals surface area contributed by atoms with Crippen molar-refractivity contribution in [1.82, 2.24) is 5.32 Å². The first kappa shape index (κ1) is 14.1. The van der Waals surface area contributed by atoms with Gasteiger partial charge in [0.2, 0.25) is 0 Å². The summed E-state index contributed by atoms with van der Waals surface area (Å²) in [7, 11) is 0. The van der Waals surface area contributed by atoms with Crippen molar-refractivity contribution in [2.45, 2.75) is 19.9 Å². The van der Waals surface area contributed by atoms with Crippen LogP contribution in [-0.2, 0) is 0 Å². The minimum Gasteiger partial charge on any atom is -0.396 e. The van der Waals surface area contributed by atoms with E-state index in [-0.39, 0.29) is 23.2 Å². The van der Waals surface area contributed by atoms with Gasteiger partial charge in [0.25, 0.3) is 5.91 Å². The highest BCUT2D eigenvalue weighted by atomic mass is 19.1. The van der Waals surface area contributed by atoms with Gasteiger partial charge >= 0.3 is 0 Å². The number of rotatable bonds is 3. The van der Waals surface area contributed by atoms with Gasteiger partial charge in [-0.05, 0) is 31.5 Å². The number of hydrogen-bond acceptors (Lipinski definition) is 2. The maximum absolute atomic E-state index is 13.3. The van der Waals surface area contributed by atoms with Crippen LogP contribution < -0.4 is 11.1 Å². The number of benzene rings is 2. The summed E-state index contributed by atoms with van der Waals surface area (Å²) in [5.41, 5.74) is 7.75. The fourth-order valence-electron chi connectivity index (χ4n) is 1.95. The lowest BCUT2D eigenvalue weighted by Crippen LogP contribution is -2.27. The van der Waals surface area contributed by atoms with Gasteiger partial charge in [-0.15, -0.1) is 0 Å². The molecule has 3 nitrogen and oxygen atoms in total. The van der Waals surface area contributed by atoms with Gasteiger partial charge in [0.15, 0.2) is 0 Å². The first-order valence-corrected chi connectivity index (χ1v) is 6.40. The van der Waals surface area contributed by atoms with Gasteiger partial charge in [-0.1, -0.05) is 35.9 Å². The fraction of sp³-hybridized carbons (Fsp3) is 0.188. The van der Waals surface area contributed by atoms with E-state index in [1.54, 1.807) is 0 Å². The molecular formula is C16H17FN2O. The van der Waals surface area contributed by atoms with E-state index < -0.39 is 5.82 Å². The summed E-state index contributed by atoms with van der Waals surface area (Å²) in [4.78, 5) is 12.1. The molecule has 0 spiro atoms. The summed E-state index contributed by atoms with van der Waals surface area (Å²) >= 11 is 0. The van der Waals surface area contributed by atoms with Crippen molar-refractivity contribution in [3.05, 3.63) is 65.0 Å². The Kier molecular flexibility index (Phi) is 4.03. The molecule has 0 saturated heterocycles. The van der Waals surface area contributed by atoms with Gasteiger partial charge in [-0.3, -0.25) is 4.79 Å². The van der Waals surface area contributed by atoms with Crippen LogP contribution in [0.5, 0.6) is 0 Å². The van der Waals surface area contributed by atoms with E-state index in [4.69, 9.17) is 5.73 Å². The molecule has 0 aliphatic heterocycles. The molecule has 20 heavy (non-hydrogen) atoms. The summed E-state index contributed by atoms with van der Waals surface area (Å²) in [5, 5.41) is 2.81. The van der Waals surface area contributed by atoms with E-state index in [0.29, 0.717) is 0 Å². The Hall–Kier alpha value is -2.36. The molecule has 1 atom stereocenters. The Morgan fingerprint density at radius 2 is 1.85 bits per heavy atom. The maximum Gasteiger partial charge on any atom is 0.253 e. The van der Waals surface area contributed by atoms with Crippen molar-refractivity contribution in [2.75, 3.05) is 5.73 Å². The van der Waals surface area contributed by atoms with Crippen LogP contribution in [0.15, 0.2) is 42.5 Å². The first-order valence-electron chi connectivity index (χ1n) is 6.40. The van der Waals surface area contributed by atoms with Crippen molar-refractivity contribution >= 4 is 11.6 Å². The fourth-order valence-corrected chi connectivity index (χ4v) is 1.95. The number of hydrogen-bond donors (Lipinski definition) is 2. The second-order valence-corrected chi connectivity index (χ2v) is 4.81. The zero-order valence-electron chi connectivity index (χ0n) is 11.5. The molecule has 0 aliphatic rings. The monoisotopic (exact) mass is 272 g/mol. The largest absolute Gasteiger partial charge is 0.396 e.